The minimum absolute atomic E-state index is 0.642. The third kappa shape index (κ3) is 4.82. The van der Waals surface area contributed by atoms with Crippen molar-refractivity contribution in [3.63, 3.8) is 0 Å². The molecule has 0 aliphatic rings. The normalized spacial score (nSPS) is 12.7. The molecule has 182 valence electrons. The van der Waals surface area contributed by atoms with E-state index in [2.05, 4.69) is 86.1 Å². The van der Waals surface area contributed by atoms with Crippen molar-refractivity contribution >= 4 is 0 Å². The second-order valence-electron chi connectivity index (χ2n) is 10.2. The fourth-order valence-corrected chi connectivity index (χ4v) is 4.84. The Hall–Kier alpha value is -3.20. The minimum atomic E-state index is -0.996. The lowest BCUT2D eigenvalue weighted by Gasteiger charge is -2.29. The summed E-state index contributed by atoms with van der Waals surface area (Å²) in [6, 6.07) is 25.3. The second-order valence-corrected chi connectivity index (χ2v) is 10.2. The number of nitrogens with zero attached hydrogens (tertiary/aromatic N) is 2. The maximum absolute atomic E-state index is 14.9. The molecule has 4 rings (SSSR count). The molecule has 3 heteroatoms. The molecule has 0 aliphatic heterocycles. The number of hydrogen-bond acceptors (Lipinski definition) is 1. The van der Waals surface area contributed by atoms with E-state index < -0.39 is 11.6 Å². The van der Waals surface area contributed by atoms with Crippen molar-refractivity contribution in [1.29, 1.82) is 0 Å². The Balaban J connectivity index is 2.04. The van der Waals surface area contributed by atoms with Gasteiger partial charge in [0.25, 0.3) is 0 Å². The van der Waals surface area contributed by atoms with Gasteiger partial charge in [0.05, 0.1) is 5.69 Å². The summed E-state index contributed by atoms with van der Waals surface area (Å²) < 4.78 is 16.9. The summed E-state index contributed by atoms with van der Waals surface area (Å²) in [5, 5.41) is 5.22. The molecule has 0 saturated carbocycles. The van der Waals surface area contributed by atoms with Crippen LogP contribution in [0.15, 0.2) is 72.8 Å². The Labute approximate surface area is 209 Å². The van der Waals surface area contributed by atoms with Crippen LogP contribution in [0.3, 0.4) is 0 Å². The van der Waals surface area contributed by atoms with Gasteiger partial charge in [-0.25, -0.2) is 9.07 Å². The standard InChI is InChI=1S/C32H37FN2/c1-7-8-15-25-16-9-10-18-27(25)30-23(3)35(26-17-13-14-22(2)21-26)34-31(30)28-19-11-12-20-29(28)32(5,6)24(4)33/h9-14,16-21,24H,7-8,15H2,1-6H3/t24-/m1/s1. The minimum Gasteiger partial charge on any atom is -0.247 e. The summed E-state index contributed by atoms with van der Waals surface area (Å²) in [6.07, 6.45) is 2.31. The zero-order valence-electron chi connectivity index (χ0n) is 21.9. The van der Waals surface area contributed by atoms with E-state index in [1.165, 1.54) is 16.7 Å². The number of alkyl halides is 1. The summed E-state index contributed by atoms with van der Waals surface area (Å²) in [5.74, 6) is 0. The van der Waals surface area contributed by atoms with Crippen LogP contribution in [0.25, 0.3) is 28.1 Å². The average molecular weight is 469 g/mol. The number of unbranched alkanes of at least 4 members (excludes halogenated alkanes) is 1. The van der Waals surface area contributed by atoms with Crippen molar-refractivity contribution < 1.29 is 4.39 Å². The topological polar surface area (TPSA) is 17.8 Å². The Morgan fingerprint density at radius 1 is 0.914 bits per heavy atom. The first-order valence-corrected chi connectivity index (χ1v) is 12.7. The molecule has 0 saturated heterocycles. The highest BCUT2D eigenvalue weighted by Gasteiger charge is 2.32. The Morgan fingerprint density at radius 2 is 1.60 bits per heavy atom. The molecule has 1 heterocycles. The molecule has 35 heavy (non-hydrogen) atoms. The first-order chi connectivity index (χ1) is 16.8. The first kappa shape index (κ1) is 24.9. The molecule has 0 aliphatic carbocycles. The molecule has 0 amide bonds. The van der Waals surface area contributed by atoms with E-state index in [4.69, 9.17) is 5.10 Å². The second kappa shape index (κ2) is 10.2. The SMILES string of the molecule is CCCCc1ccccc1-c1c(-c2ccccc2C(C)(C)[C@@H](C)F)nn(-c2cccc(C)c2)c1C. The largest absolute Gasteiger partial charge is 0.247 e. The van der Waals surface area contributed by atoms with E-state index in [1.54, 1.807) is 6.92 Å². The molecule has 1 atom stereocenters. The summed E-state index contributed by atoms with van der Waals surface area (Å²) in [7, 11) is 0. The molecule has 0 N–H and O–H groups in total. The number of aromatic nitrogens is 2. The first-order valence-electron chi connectivity index (χ1n) is 12.7. The van der Waals surface area contributed by atoms with Crippen LogP contribution in [-0.2, 0) is 11.8 Å². The zero-order valence-corrected chi connectivity index (χ0v) is 21.9. The van der Waals surface area contributed by atoms with E-state index in [0.29, 0.717) is 0 Å². The molecular formula is C32H37FN2. The van der Waals surface area contributed by atoms with Crippen molar-refractivity contribution in [1.82, 2.24) is 9.78 Å². The highest BCUT2D eigenvalue weighted by Crippen LogP contribution is 2.42. The Morgan fingerprint density at radius 3 is 2.29 bits per heavy atom. The number of benzene rings is 3. The van der Waals surface area contributed by atoms with E-state index >= 15 is 0 Å². The number of hydrogen-bond donors (Lipinski definition) is 0. The van der Waals surface area contributed by atoms with Crippen LogP contribution in [0, 0.1) is 13.8 Å². The summed E-state index contributed by atoms with van der Waals surface area (Å²) in [6.45, 7) is 12.1. The van der Waals surface area contributed by atoms with Gasteiger partial charge in [-0.2, -0.15) is 5.10 Å². The molecule has 3 aromatic carbocycles. The van der Waals surface area contributed by atoms with E-state index in [0.717, 1.165) is 53.0 Å². The Kier molecular flexibility index (Phi) is 7.25. The van der Waals surface area contributed by atoms with Crippen LogP contribution in [-0.4, -0.2) is 16.0 Å². The lowest BCUT2D eigenvalue weighted by molar-refractivity contribution is 0.237. The van der Waals surface area contributed by atoms with Crippen LogP contribution < -0.4 is 0 Å². The van der Waals surface area contributed by atoms with E-state index in [9.17, 15) is 4.39 Å². The smallest absolute Gasteiger partial charge is 0.106 e. The van der Waals surface area contributed by atoms with Gasteiger partial charge in [0, 0.05) is 22.2 Å². The molecule has 0 unspecified atom stereocenters. The zero-order chi connectivity index (χ0) is 25.2. The van der Waals surface area contributed by atoms with Gasteiger partial charge in [-0.3, -0.25) is 0 Å². The summed E-state index contributed by atoms with van der Waals surface area (Å²) >= 11 is 0. The molecule has 2 nitrogen and oxygen atoms in total. The fourth-order valence-electron chi connectivity index (χ4n) is 4.84. The molecule has 1 aromatic heterocycles. The maximum atomic E-state index is 14.9. The summed E-state index contributed by atoms with van der Waals surface area (Å²) in [5.41, 5.74) is 9.25. The monoisotopic (exact) mass is 468 g/mol. The number of halogens is 1. The number of rotatable bonds is 8. The lowest BCUT2D eigenvalue weighted by Crippen LogP contribution is -2.28. The van der Waals surface area contributed by atoms with Crippen molar-refractivity contribution in [3.05, 3.63) is 95.2 Å². The quantitative estimate of drug-likeness (QED) is 0.253. The van der Waals surface area contributed by atoms with Crippen LogP contribution in [0.1, 0.15) is 62.9 Å². The van der Waals surface area contributed by atoms with Gasteiger partial charge in [0.1, 0.15) is 11.9 Å². The fraction of sp³-hybridized carbons (Fsp3) is 0.344. The van der Waals surface area contributed by atoms with Crippen LogP contribution >= 0.6 is 0 Å². The highest BCUT2D eigenvalue weighted by molar-refractivity contribution is 5.86. The van der Waals surface area contributed by atoms with Gasteiger partial charge in [0.2, 0.25) is 0 Å². The average Bonchev–Trinajstić information content (AvgIpc) is 3.19. The third-order valence-electron chi connectivity index (χ3n) is 7.32. The summed E-state index contributed by atoms with van der Waals surface area (Å²) in [4.78, 5) is 0. The molecule has 0 bridgehead atoms. The van der Waals surface area contributed by atoms with Crippen molar-refractivity contribution in [2.24, 2.45) is 0 Å². The van der Waals surface area contributed by atoms with E-state index in [-0.39, 0.29) is 0 Å². The van der Waals surface area contributed by atoms with Gasteiger partial charge in [0.15, 0.2) is 0 Å². The van der Waals surface area contributed by atoms with E-state index in [1.807, 2.05) is 26.0 Å². The van der Waals surface area contributed by atoms with Crippen molar-refractivity contribution in [3.8, 4) is 28.1 Å². The van der Waals surface area contributed by atoms with Gasteiger partial charge in [-0.05, 0) is 68.0 Å². The maximum Gasteiger partial charge on any atom is 0.106 e. The molecule has 0 fully saturated rings. The van der Waals surface area contributed by atoms with Crippen LogP contribution in [0.5, 0.6) is 0 Å². The van der Waals surface area contributed by atoms with Gasteiger partial charge in [-0.15, -0.1) is 0 Å². The third-order valence-corrected chi connectivity index (χ3v) is 7.32. The van der Waals surface area contributed by atoms with Gasteiger partial charge < -0.3 is 0 Å². The molecule has 0 spiro atoms. The molecule has 4 aromatic rings. The highest BCUT2D eigenvalue weighted by atomic mass is 19.1. The molecular weight excluding hydrogens is 431 g/mol. The predicted octanol–water partition coefficient (Wildman–Crippen LogP) is 8.80. The van der Waals surface area contributed by atoms with Crippen molar-refractivity contribution in [2.75, 3.05) is 0 Å². The van der Waals surface area contributed by atoms with Crippen LogP contribution in [0.4, 0.5) is 4.39 Å². The number of aryl methyl sites for hydroxylation is 2. The van der Waals surface area contributed by atoms with Gasteiger partial charge in [-0.1, -0.05) is 87.9 Å². The molecule has 0 radical (unpaired) electrons. The van der Waals surface area contributed by atoms with Crippen molar-refractivity contribution in [2.45, 2.75) is 72.4 Å². The predicted molar refractivity (Wildman–Crippen MR) is 146 cm³/mol. The lowest BCUT2D eigenvalue weighted by atomic mass is 9.77. The van der Waals surface area contributed by atoms with Crippen LogP contribution in [0.2, 0.25) is 0 Å². The Bertz CT molecular complexity index is 1310. The van der Waals surface area contributed by atoms with Gasteiger partial charge >= 0.3 is 0 Å².